The third-order valence-electron chi connectivity index (χ3n) is 5.97. The minimum Gasteiger partial charge on any atom is -0.493 e. The van der Waals surface area contributed by atoms with Crippen molar-refractivity contribution in [2.24, 2.45) is 0 Å². The highest BCUT2D eigenvalue weighted by Crippen LogP contribution is 2.33. The maximum atomic E-state index is 13.2. The number of hydrogen-bond donors (Lipinski definition) is 0. The van der Waals surface area contributed by atoms with E-state index in [1.165, 1.54) is 0 Å². The number of hydrogen-bond acceptors (Lipinski definition) is 5. The number of piperidine rings is 1. The maximum Gasteiger partial charge on any atom is 0.243 e. The summed E-state index contributed by atoms with van der Waals surface area (Å²) in [5.41, 5.74) is 3.97. The molecule has 0 saturated carbocycles. The molecule has 7 nitrogen and oxygen atoms in total. The lowest BCUT2D eigenvalue weighted by molar-refractivity contribution is 0.287. The minimum absolute atomic E-state index is 0.255. The summed E-state index contributed by atoms with van der Waals surface area (Å²) in [6.45, 7) is 3.76. The molecule has 1 saturated heterocycles. The Labute approximate surface area is 170 Å². The van der Waals surface area contributed by atoms with Crippen LogP contribution in [0.3, 0.4) is 0 Å². The van der Waals surface area contributed by atoms with E-state index in [0.717, 1.165) is 53.9 Å². The third kappa shape index (κ3) is 3.30. The zero-order valence-corrected chi connectivity index (χ0v) is 17.2. The fourth-order valence-electron chi connectivity index (χ4n) is 4.38. The van der Waals surface area contributed by atoms with Gasteiger partial charge in [0.25, 0.3) is 0 Å². The molecule has 5 rings (SSSR count). The van der Waals surface area contributed by atoms with Crippen molar-refractivity contribution >= 4 is 15.7 Å². The minimum atomic E-state index is -3.49. The Morgan fingerprint density at radius 2 is 2.00 bits per heavy atom. The molecule has 0 aliphatic carbocycles. The van der Waals surface area contributed by atoms with E-state index in [1.54, 1.807) is 33.2 Å². The van der Waals surface area contributed by atoms with E-state index >= 15 is 0 Å². The van der Waals surface area contributed by atoms with Gasteiger partial charge in [-0.05, 0) is 68.0 Å². The molecule has 1 fully saturated rings. The number of benzene rings is 1. The van der Waals surface area contributed by atoms with E-state index in [0.29, 0.717) is 24.6 Å². The van der Waals surface area contributed by atoms with Gasteiger partial charge in [0, 0.05) is 31.4 Å². The van der Waals surface area contributed by atoms with Gasteiger partial charge in [0.2, 0.25) is 10.0 Å². The first kappa shape index (κ1) is 18.6. The predicted molar refractivity (Wildman–Crippen MR) is 109 cm³/mol. The van der Waals surface area contributed by atoms with E-state index < -0.39 is 10.0 Å². The van der Waals surface area contributed by atoms with Crippen LogP contribution in [-0.4, -0.2) is 47.0 Å². The van der Waals surface area contributed by atoms with Gasteiger partial charge in [0.15, 0.2) is 5.65 Å². The summed E-state index contributed by atoms with van der Waals surface area (Å²) in [6.07, 6.45) is 6.91. The maximum absolute atomic E-state index is 13.2. The molecular weight excluding hydrogens is 388 g/mol. The van der Waals surface area contributed by atoms with Crippen LogP contribution >= 0.6 is 0 Å². The van der Waals surface area contributed by atoms with Gasteiger partial charge in [-0.3, -0.25) is 0 Å². The second kappa shape index (κ2) is 7.11. The van der Waals surface area contributed by atoms with Gasteiger partial charge in [0.05, 0.1) is 17.2 Å². The summed E-state index contributed by atoms with van der Waals surface area (Å²) >= 11 is 0. The Kier molecular flexibility index (Phi) is 4.55. The number of fused-ring (bicyclic) bond motifs is 2. The number of sulfonamides is 1. The molecule has 0 radical (unpaired) electrons. The molecule has 0 amide bonds. The molecule has 29 heavy (non-hydrogen) atoms. The highest BCUT2D eigenvalue weighted by Gasteiger charge is 2.32. The van der Waals surface area contributed by atoms with Crippen molar-refractivity contribution in [3.05, 3.63) is 53.5 Å². The van der Waals surface area contributed by atoms with Gasteiger partial charge in [-0.15, -0.1) is 0 Å². The monoisotopic (exact) mass is 412 g/mol. The van der Waals surface area contributed by atoms with Crippen molar-refractivity contribution in [3.63, 3.8) is 0 Å². The van der Waals surface area contributed by atoms with Gasteiger partial charge in [0.1, 0.15) is 5.75 Å². The molecule has 0 bridgehead atoms. The summed E-state index contributed by atoms with van der Waals surface area (Å²) in [6, 6.07) is 7.29. The molecule has 0 unspecified atom stereocenters. The topological polar surface area (TPSA) is 76.8 Å². The Morgan fingerprint density at radius 1 is 1.17 bits per heavy atom. The summed E-state index contributed by atoms with van der Waals surface area (Å²) in [5, 5.41) is 4.72. The van der Waals surface area contributed by atoms with Crippen LogP contribution in [0.15, 0.2) is 41.6 Å². The van der Waals surface area contributed by atoms with Crippen molar-refractivity contribution in [2.45, 2.75) is 43.4 Å². The average molecular weight is 413 g/mol. The van der Waals surface area contributed by atoms with Gasteiger partial charge < -0.3 is 4.74 Å². The van der Waals surface area contributed by atoms with E-state index in [4.69, 9.17) is 9.84 Å². The lowest BCUT2D eigenvalue weighted by Gasteiger charge is -2.31. The summed E-state index contributed by atoms with van der Waals surface area (Å²) in [4.78, 5) is 4.65. The largest absolute Gasteiger partial charge is 0.493 e. The van der Waals surface area contributed by atoms with Crippen LogP contribution in [0.5, 0.6) is 5.75 Å². The fraction of sp³-hybridized carbons (Fsp3) is 0.429. The highest BCUT2D eigenvalue weighted by molar-refractivity contribution is 7.89. The Bertz CT molecular complexity index is 1160. The standard InChI is InChI=1S/C21H24N4O3S/c1-15-13-20-22-8-11-25(20)23-21(15)16-6-9-24(10-7-16)29(26,27)18-4-5-19-17(14-18)3-2-12-28-19/h4-5,8,11,13-14,16H,2-3,6-7,9-10,12H2,1H3. The van der Waals surface area contributed by atoms with Crippen LogP contribution in [0.25, 0.3) is 5.65 Å². The van der Waals surface area contributed by atoms with Crippen LogP contribution in [0, 0.1) is 6.92 Å². The molecule has 1 aromatic carbocycles. The number of imidazole rings is 1. The molecule has 0 spiro atoms. The second-order valence-electron chi connectivity index (χ2n) is 7.84. The van der Waals surface area contributed by atoms with Crippen LogP contribution in [-0.2, 0) is 16.4 Å². The van der Waals surface area contributed by atoms with Crippen molar-refractivity contribution < 1.29 is 13.2 Å². The first-order chi connectivity index (χ1) is 14.0. The number of aromatic nitrogens is 3. The Hall–Kier alpha value is -2.45. The highest BCUT2D eigenvalue weighted by atomic mass is 32.2. The number of ether oxygens (including phenoxy) is 1. The molecule has 0 N–H and O–H groups in total. The quantitative estimate of drug-likeness (QED) is 0.661. The fourth-order valence-corrected chi connectivity index (χ4v) is 5.90. The predicted octanol–water partition coefficient (Wildman–Crippen LogP) is 2.93. The first-order valence-electron chi connectivity index (χ1n) is 10.1. The van der Waals surface area contributed by atoms with Crippen molar-refractivity contribution in [1.82, 2.24) is 18.9 Å². The zero-order valence-electron chi connectivity index (χ0n) is 16.4. The molecule has 2 aliphatic rings. The zero-order chi connectivity index (χ0) is 20.0. The lowest BCUT2D eigenvalue weighted by Crippen LogP contribution is -2.38. The van der Waals surface area contributed by atoms with Gasteiger partial charge in [-0.25, -0.2) is 17.9 Å². The van der Waals surface area contributed by atoms with Gasteiger partial charge in [-0.2, -0.15) is 9.40 Å². The van der Waals surface area contributed by atoms with Crippen LogP contribution in [0.4, 0.5) is 0 Å². The van der Waals surface area contributed by atoms with Crippen molar-refractivity contribution in [1.29, 1.82) is 0 Å². The van der Waals surface area contributed by atoms with Gasteiger partial charge >= 0.3 is 0 Å². The van der Waals surface area contributed by atoms with E-state index in [-0.39, 0.29) is 5.92 Å². The van der Waals surface area contributed by atoms with Crippen molar-refractivity contribution in [3.8, 4) is 5.75 Å². The smallest absolute Gasteiger partial charge is 0.243 e. The number of nitrogens with zero attached hydrogens (tertiary/aromatic N) is 4. The van der Waals surface area contributed by atoms with Crippen molar-refractivity contribution in [2.75, 3.05) is 19.7 Å². The summed E-state index contributed by atoms with van der Waals surface area (Å²) < 4.78 is 35.4. The summed E-state index contributed by atoms with van der Waals surface area (Å²) in [7, 11) is -3.49. The first-order valence-corrected chi connectivity index (χ1v) is 11.5. The average Bonchev–Trinajstić information content (AvgIpc) is 3.20. The van der Waals surface area contributed by atoms with Crippen LogP contribution in [0.2, 0.25) is 0 Å². The summed E-state index contributed by atoms with van der Waals surface area (Å²) in [5.74, 6) is 1.07. The van der Waals surface area contributed by atoms with E-state index in [9.17, 15) is 8.42 Å². The third-order valence-corrected chi connectivity index (χ3v) is 7.87. The molecule has 2 aromatic heterocycles. The Morgan fingerprint density at radius 3 is 2.83 bits per heavy atom. The van der Waals surface area contributed by atoms with Gasteiger partial charge in [-0.1, -0.05) is 0 Å². The lowest BCUT2D eigenvalue weighted by atomic mass is 9.92. The molecule has 0 atom stereocenters. The molecule has 3 aromatic rings. The molecule has 2 aliphatic heterocycles. The molecule has 4 heterocycles. The van der Waals surface area contributed by atoms with Crippen LogP contribution < -0.4 is 4.74 Å². The molecule has 152 valence electrons. The molecular formula is C21H24N4O3S. The Balaban J connectivity index is 1.35. The number of aryl methyl sites for hydroxylation is 2. The SMILES string of the molecule is Cc1cc2nccn2nc1C1CCN(S(=O)(=O)c2ccc3c(c2)CCCO3)CC1. The van der Waals surface area contributed by atoms with E-state index in [1.807, 2.05) is 12.3 Å². The number of rotatable bonds is 3. The van der Waals surface area contributed by atoms with E-state index in [2.05, 4.69) is 11.9 Å². The second-order valence-corrected chi connectivity index (χ2v) is 9.78. The van der Waals surface area contributed by atoms with Crippen LogP contribution in [0.1, 0.15) is 42.0 Å². The molecule has 8 heteroatoms. The normalized spacial score (nSPS) is 18.5.